The van der Waals surface area contributed by atoms with E-state index in [2.05, 4.69) is 45.9 Å². The normalized spacial score (nSPS) is 33.7. The quantitative estimate of drug-likeness (QED) is 0.599. The van der Waals surface area contributed by atoms with Crippen LogP contribution in [0.2, 0.25) is 0 Å². The molecule has 0 bridgehead atoms. The van der Waals surface area contributed by atoms with E-state index >= 15 is 0 Å². The van der Waals surface area contributed by atoms with Crippen LogP contribution < -0.4 is 0 Å². The molecule has 0 amide bonds. The minimum atomic E-state index is 0.432. The topological polar surface area (TPSA) is 0 Å². The lowest BCUT2D eigenvalue weighted by molar-refractivity contribution is 0.0407. The Morgan fingerprint density at radius 3 is 2.67 bits per heavy atom. The zero-order valence-electron chi connectivity index (χ0n) is 12.3. The van der Waals surface area contributed by atoms with Crippen LogP contribution in [0.1, 0.15) is 63.1 Å². The van der Waals surface area contributed by atoms with Gasteiger partial charge >= 0.3 is 0 Å². The third kappa shape index (κ3) is 1.65. The standard InChI is InChI=1S/C18H26/c1-13-6-7-14-8-9-16-17(2,3)10-5-11-18(16,4)15(14)12-13/h6-7,12,16H,5,8-11H2,1-4H3. The molecule has 0 radical (unpaired) electrons. The van der Waals surface area contributed by atoms with E-state index in [1.54, 1.807) is 11.1 Å². The molecule has 1 aromatic rings. The first-order valence-electron chi connectivity index (χ1n) is 7.53. The smallest absolute Gasteiger partial charge is 0.00390 e. The van der Waals surface area contributed by atoms with Crippen LogP contribution in [0, 0.1) is 18.3 Å². The lowest BCUT2D eigenvalue weighted by atomic mass is 9.50. The summed E-state index contributed by atoms with van der Waals surface area (Å²) in [6, 6.07) is 7.15. The Labute approximate surface area is 112 Å². The van der Waals surface area contributed by atoms with Crippen molar-refractivity contribution in [3.8, 4) is 0 Å². The van der Waals surface area contributed by atoms with Crippen molar-refractivity contribution in [2.75, 3.05) is 0 Å². The van der Waals surface area contributed by atoms with Gasteiger partial charge in [0.1, 0.15) is 0 Å². The molecule has 2 atom stereocenters. The molecule has 0 heterocycles. The zero-order chi connectivity index (χ0) is 13.0. The second kappa shape index (κ2) is 3.85. The number of benzene rings is 1. The molecule has 3 rings (SSSR count). The maximum absolute atomic E-state index is 2.54. The van der Waals surface area contributed by atoms with Crippen molar-refractivity contribution in [2.24, 2.45) is 11.3 Å². The summed E-state index contributed by atoms with van der Waals surface area (Å²) in [5.41, 5.74) is 5.68. The minimum Gasteiger partial charge on any atom is -0.0596 e. The molecule has 2 unspecified atom stereocenters. The van der Waals surface area contributed by atoms with Gasteiger partial charge in [0, 0.05) is 0 Å². The average Bonchev–Trinajstić information content (AvgIpc) is 2.29. The van der Waals surface area contributed by atoms with Crippen LogP contribution in [0.4, 0.5) is 0 Å². The van der Waals surface area contributed by atoms with E-state index in [1.807, 2.05) is 0 Å². The summed E-state index contributed by atoms with van der Waals surface area (Å²) in [5.74, 6) is 0.869. The fourth-order valence-corrected chi connectivity index (χ4v) is 4.89. The molecule has 0 N–H and O–H groups in total. The number of aryl methyl sites for hydroxylation is 2. The predicted octanol–water partition coefficient (Wildman–Crippen LogP) is 5.03. The molecule has 0 aliphatic heterocycles. The molecule has 18 heavy (non-hydrogen) atoms. The van der Waals surface area contributed by atoms with Gasteiger partial charge in [0.05, 0.1) is 0 Å². The van der Waals surface area contributed by atoms with Gasteiger partial charge in [-0.1, -0.05) is 51.0 Å². The highest BCUT2D eigenvalue weighted by atomic mass is 14.5. The van der Waals surface area contributed by atoms with Gasteiger partial charge in [0.2, 0.25) is 0 Å². The third-order valence-electron chi connectivity index (χ3n) is 5.81. The first kappa shape index (κ1) is 12.3. The van der Waals surface area contributed by atoms with Crippen LogP contribution in [0.25, 0.3) is 0 Å². The number of hydrogen-bond acceptors (Lipinski definition) is 0. The number of fused-ring (bicyclic) bond motifs is 3. The van der Waals surface area contributed by atoms with Gasteiger partial charge in [-0.15, -0.1) is 0 Å². The molecule has 2 aliphatic rings. The molecule has 0 aromatic heterocycles. The van der Waals surface area contributed by atoms with Crippen LogP contribution in [0.5, 0.6) is 0 Å². The van der Waals surface area contributed by atoms with Gasteiger partial charge in [0.25, 0.3) is 0 Å². The molecule has 1 aromatic carbocycles. The number of hydrogen-bond donors (Lipinski definition) is 0. The van der Waals surface area contributed by atoms with Crippen molar-refractivity contribution in [3.63, 3.8) is 0 Å². The van der Waals surface area contributed by atoms with E-state index in [-0.39, 0.29) is 0 Å². The Morgan fingerprint density at radius 2 is 1.89 bits per heavy atom. The Bertz CT molecular complexity index is 469. The third-order valence-corrected chi connectivity index (χ3v) is 5.81. The summed E-state index contributed by atoms with van der Waals surface area (Å²) in [6.45, 7) is 9.77. The van der Waals surface area contributed by atoms with Gasteiger partial charge in [0.15, 0.2) is 0 Å². The monoisotopic (exact) mass is 242 g/mol. The summed E-state index contributed by atoms with van der Waals surface area (Å²) in [5, 5.41) is 0. The van der Waals surface area contributed by atoms with Crippen LogP contribution in [0.3, 0.4) is 0 Å². The lowest BCUT2D eigenvalue weighted by Crippen LogP contribution is -2.47. The molecule has 2 aliphatic carbocycles. The molecule has 98 valence electrons. The SMILES string of the molecule is Cc1ccc2c(c1)C1(C)CCCC(C)(C)C1CC2. The summed E-state index contributed by atoms with van der Waals surface area (Å²) < 4.78 is 0. The zero-order valence-corrected chi connectivity index (χ0v) is 12.3. The van der Waals surface area contributed by atoms with Crippen molar-refractivity contribution in [1.82, 2.24) is 0 Å². The highest BCUT2D eigenvalue weighted by molar-refractivity contribution is 5.41. The van der Waals surface area contributed by atoms with Crippen LogP contribution in [-0.2, 0) is 11.8 Å². The van der Waals surface area contributed by atoms with E-state index in [9.17, 15) is 0 Å². The Hall–Kier alpha value is -0.780. The summed E-state index contributed by atoms with van der Waals surface area (Å²) in [6.07, 6.45) is 6.87. The van der Waals surface area contributed by atoms with Crippen molar-refractivity contribution in [2.45, 2.75) is 65.2 Å². The largest absolute Gasteiger partial charge is 0.0596 e. The highest BCUT2D eigenvalue weighted by Gasteiger charge is 2.49. The van der Waals surface area contributed by atoms with Crippen LogP contribution in [0.15, 0.2) is 18.2 Å². The van der Waals surface area contributed by atoms with E-state index in [4.69, 9.17) is 0 Å². The molecule has 0 spiro atoms. The molecule has 0 heteroatoms. The highest BCUT2D eigenvalue weighted by Crippen LogP contribution is 2.56. The Balaban J connectivity index is 2.13. The average molecular weight is 242 g/mol. The summed E-state index contributed by atoms with van der Waals surface area (Å²) in [4.78, 5) is 0. The van der Waals surface area contributed by atoms with Crippen molar-refractivity contribution in [3.05, 3.63) is 34.9 Å². The van der Waals surface area contributed by atoms with Crippen LogP contribution >= 0.6 is 0 Å². The van der Waals surface area contributed by atoms with E-state index in [0.717, 1.165) is 5.92 Å². The van der Waals surface area contributed by atoms with Gasteiger partial charge in [-0.2, -0.15) is 0 Å². The van der Waals surface area contributed by atoms with Crippen molar-refractivity contribution < 1.29 is 0 Å². The second-order valence-corrected chi connectivity index (χ2v) is 7.51. The van der Waals surface area contributed by atoms with Gasteiger partial charge in [-0.3, -0.25) is 0 Å². The van der Waals surface area contributed by atoms with Gasteiger partial charge < -0.3 is 0 Å². The summed E-state index contributed by atoms with van der Waals surface area (Å²) in [7, 11) is 0. The van der Waals surface area contributed by atoms with E-state index in [0.29, 0.717) is 10.8 Å². The molecule has 0 saturated heterocycles. The Morgan fingerprint density at radius 1 is 1.11 bits per heavy atom. The fraction of sp³-hybridized carbons (Fsp3) is 0.667. The minimum absolute atomic E-state index is 0.432. The first-order valence-corrected chi connectivity index (χ1v) is 7.53. The van der Waals surface area contributed by atoms with Gasteiger partial charge in [-0.05, 0) is 60.5 Å². The van der Waals surface area contributed by atoms with Crippen molar-refractivity contribution in [1.29, 1.82) is 0 Å². The van der Waals surface area contributed by atoms with Crippen LogP contribution in [-0.4, -0.2) is 0 Å². The molecule has 1 saturated carbocycles. The van der Waals surface area contributed by atoms with E-state index in [1.165, 1.54) is 37.7 Å². The van der Waals surface area contributed by atoms with E-state index < -0.39 is 0 Å². The fourth-order valence-electron chi connectivity index (χ4n) is 4.89. The second-order valence-electron chi connectivity index (χ2n) is 7.51. The maximum atomic E-state index is 2.54. The molecule has 0 nitrogen and oxygen atoms in total. The Kier molecular flexibility index (Phi) is 2.63. The van der Waals surface area contributed by atoms with Crippen molar-refractivity contribution >= 4 is 0 Å². The lowest BCUT2D eigenvalue weighted by Gasteiger charge is -2.54. The summed E-state index contributed by atoms with van der Waals surface area (Å²) >= 11 is 0. The first-order chi connectivity index (χ1) is 8.43. The predicted molar refractivity (Wildman–Crippen MR) is 78.0 cm³/mol. The van der Waals surface area contributed by atoms with Gasteiger partial charge in [-0.25, -0.2) is 0 Å². The maximum Gasteiger partial charge on any atom is -0.00390 e. The molecular formula is C18H26. The molecule has 1 fully saturated rings. The number of rotatable bonds is 0. The molecular weight excluding hydrogens is 216 g/mol.